The number of hydrogen-bond donors (Lipinski definition) is 1. The molecule has 0 fully saturated rings. The fourth-order valence-corrected chi connectivity index (χ4v) is 2.92. The van der Waals surface area contributed by atoms with Gasteiger partial charge >= 0.3 is 0 Å². The minimum Gasteiger partial charge on any atom is -0.312 e. The lowest BCUT2D eigenvalue weighted by molar-refractivity contribution is 0.380. The third-order valence-corrected chi connectivity index (χ3v) is 3.65. The zero-order chi connectivity index (χ0) is 13.8. The Morgan fingerprint density at radius 1 is 1.32 bits per heavy atom. The molecule has 1 nitrogen and oxygen atoms in total. The van der Waals surface area contributed by atoms with E-state index in [1.165, 1.54) is 24.1 Å². The Bertz CT molecular complexity index is 468. The van der Waals surface area contributed by atoms with Crippen LogP contribution in [0.15, 0.2) is 29.8 Å². The molecule has 0 saturated carbocycles. The van der Waals surface area contributed by atoms with Crippen molar-refractivity contribution in [3.63, 3.8) is 0 Å². The van der Waals surface area contributed by atoms with Gasteiger partial charge in [-0.25, -0.2) is 8.78 Å². The highest BCUT2D eigenvalue weighted by Gasteiger charge is 2.17. The fourth-order valence-electron chi connectivity index (χ4n) is 2.92. The van der Waals surface area contributed by atoms with Gasteiger partial charge in [0.25, 0.3) is 0 Å². The normalized spacial score (nSPS) is 23.3. The first-order valence-electron chi connectivity index (χ1n) is 6.86. The topological polar surface area (TPSA) is 12.0 Å². The van der Waals surface area contributed by atoms with Gasteiger partial charge in [-0.2, -0.15) is 0 Å². The van der Waals surface area contributed by atoms with Crippen LogP contribution in [0.1, 0.15) is 32.3 Å². The van der Waals surface area contributed by atoms with Crippen molar-refractivity contribution < 1.29 is 8.78 Å². The quantitative estimate of drug-likeness (QED) is 0.810. The van der Waals surface area contributed by atoms with E-state index in [9.17, 15) is 8.78 Å². The molecule has 2 atom stereocenters. The van der Waals surface area contributed by atoms with E-state index in [0.717, 1.165) is 19.0 Å². The van der Waals surface area contributed by atoms with Crippen molar-refractivity contribution in [2.24, 2.45) is 11.8 Å². The molecule has 2 unspecified atom stereocenters. The molecule has 1 aromatic carbocycles. The molecular weight excluding hydrogens is 244 g/mol. The molecule has 1 aliphatic rings. The van der Waals surface area contributed by atoms with E-state index < -0.39 is 11.6 Å². The lowest BCUT2D eigenvalue weighted by Gasteiger charge is -2.25. The van der Waals surface area contributed by atoms with Crippen LogP contribution >= 0.6 is 0 Å². The van der Waals surface area contributed by atoms with E-state index in [2.05, 4.69) is 25.2 Å². The summed E-state index contributed by atoms with van der Waals surface area (Å²) < 4.78 is 26.2. The summed E-state index contributed by atoms with van der Waals surface area (Å²) in [6, 6.07) is 3.74. The first-order chi connectivity index (χ1) is 9.04. The summed E-state index contributed by atoms with van der Waals surface area (Å²) in [4.78, 5) is 0. The molecule has 3 heteroatoms. The van der Waals surface area contributed by atoms with Crippen LogP contribution in [0.3, 0.4) is 0 Å². The van der Waals surface area contributed by atoms with Crippen molar-refractivity contribution >= 4 is 0 Å². The summed E-state index contributed by atoms with van der Waals surface area (Å²) in [7, 11) is 0. The highest BCUT2D eigenvalue weighted by Crippen LogP contribution is 2.27. The molecule has 19 heavy (non-hydrogen) atoms. The molecule has 0 spiro atoms. The van der Waals surface area contributed by atoms with Gasteiger partial charge in [0.2, 0.25) is 0 Å². The second-order valence-electron chi connectivity index (χ2n) is 5.66. The monoisotopic (exact) mass is 265 g/mol. The second kappa shape index (κ2) is 6.29. The number of rotatable bonds is 4. The third-order valence-electron chi connectivity index (χ3n) is 3.65. The molecule has 0 aliphatic heterocycles. The summed E-state index contributed by atoms with van der Waals surface area (Å²) in [6.45, 7) is 5.74. The zero-order valence-corrected chi connectivity index (χ0v) is 11.5. The molecule has 1 aromatic rings. The van der Waals surface area contributed by atoms with Gasteiger partial charge < -0.3 is 5.32 Å². The highest BCUT2D eigenvalue weighted by atomic mass is 19.1. The number of benzene rings is 1. The van der Waals surface area contributed by atoms with Crippen molar-refractivity contribution in [1.29, 1.82) is 0 Å². The van der Waals surface area contributed by atoms with Crippen LogP contribution in [0.25, 0.3) is 0 Å². The second-order valence-corrected chi connectivity index (χ2v) is 5.66. The highest BCUT2D eigenvalue weighted by molar-refractivity contribution is 5.18. The van der Waals surface area contributed by atoms with Crippen molar-refractivity contribution in [3.8, 4) is 0 Å². The molecule has 1 aliphatic carbocycles. The van der Waals surface area contributed by atoms with E-state index in [1.807, 2.05) is 0 Å². The fraction of sp³-hybridized carbons (Fsp3) is 0.500. The lowest BCUT2D eigenvalue weighted by atomic mass is 9.84. The Morgan fingerprint density at radius 3 is 2.79 bits per heavy atom. The SMILES string of the molecule is CC1=CC(C)CC(CNCc2ccc(F)cc2F)C1. The Balaban J connectivity index is 1.82. The molecule has 2 rings (SSSR count). The molecule has 0 saturated heterocycles. The zero-order valence-electron chi connectivity index (χ0n) is 11.5. The van der Waals surface area contributed by atoms with Crippen LogP contribution < -0.4 is 5.32 Å². The van der Waals surface area contributed by atoms with E-state index in [-0.39, 0.29) is 0 Å². The minimum absolute atomic E-state index is 0.458. The van der Waals surface area contributed by atoms with Gasteiger partial charge in [-0.3, -0.25) is 0 Å². The summed E-state index contributed by atoms with van der Waals surface area (Å²) in [6.07, 6.45) is 4.62. The van der Waals surface area contributed by atoms with Crippen molar-refractivity contribution in [1.82, 2.24) is 5.32 Å². The number of nitrogens with one attached hydrogen (secondary N) is 1. The Morgan fingerprint density at radius 2 is 2.11 bits per heavy atom. The van der Waals surface area contributed by atoms with Gasteiger partial charge in [-0.15, -0.1) is 0 Å². The van der Waals surface area contributed by atoms with Crippen LogP contribution in [0.2, 0.25) is 0 Å². The predicted molar refractivity (Wildman–Crippen MR) is 73.7 cm³/mol. The maximum Gasteiger partial charge on any atom is 0.130 e. The van der Waals surface area contributed by atoms with Crippen molar-refractivity contribution in [3.05, 3.63) is 47.0 Å². The summed E-state index contributed by atoms with van der Waals surface area (Å²) in [5.74, 6) is 0.246. The molecule has 0 radical (unpaired) electrons. The van der Waals surface area contributed by atoms with Crippen molar-refractivity contribution in [2.75, 3.05) is 6.54 Å². The number of allylic oxidation sites excluding steroid dienone is 2. The van der Waals surface area contributed by atoms with E-state index in [0.29, 0.717) is 23.9 Å². The van der Waals surface area contributed by atoms with Gasteiger partial charge in [0.05, 0.1) is 0 Å². The molecule has 0 heterocycles. The molecular formula is C16H21F2N. The molecule has 0 amide bonds. The van der Waals surface area contributed by atoms with E-state index in [1.54, 1.807) is 0 Å². The van der Waals surface area contributed by atoms with Gasteiger partial charge in [0.15, 0.2) is 0 Å². The number of hydrogen-bond acceptors (Lipinski definition) is 1. The Kier molecular flexibility index (Phi) is 4.70. The maximum absolute atomic E-state index is 13.5. The first-order valence-corrected chi connectivity index (χ1v) is 6.86. The van der Waals surface area contributed by atoms with Crippen LogP contribution in [-0.4, -0.2) is 6.54 Å². The maximum atomic E-state index is 13.5. The van der Waals surface area contributed by atoms with Crippen molar-refractivity contribution in [2.45, 2.75) is 33.2 Å². The average molecular weight is 265 g/mol. The first kappa shape index (κ1) is 14.2. The molecule has 0 aromatic heterocycles. The largest absolute Gasteiger partial charge is 0.312 e. The molecule has 104 valence electrons. The predicted octanol–water partition coefficient (Wildman–Crippen LogP) is 4.05. The van der Waals surface area contributed by atoms with Gasteiger partial charge in [-0.1, -0.05) is 24.6 Å². The van der Waals surface area contributed by atoms with Crippen LogP contribution in [0.5, 0.6) is 0 Å². The standard InChI is InChI=1S/C16H21F2N/c1-11-5-12(2)7-13(6-11)9-19-10-14-3-4-15(17)8-16(14)18/h3-5,8,11,13,19H,6-7,9-10H2,1-2H3. The molecule has 0 bridgehead atoms. The lowest BCUT2D eigenvalue weighted by Crippen LogP contribution is -2.26. The van der Waals surface area contributed by atoms with Crippen LogP contribution in [0, 0.1) is 23.5 Å². The summed E-state index contributed by atoms with van der Waals surface area (Å²) in [5, 5.41) is 3.28. The van der Waals surface area contributed by atoms with Gasteiger partial charge in [0.1, 0.15) is 11.6 Å². The Labute approximate surface area is 113 Å². The summed E-state index contributed by atoms with van der Waals surface area (Å²) >= 11 is 0. The Hall–Kier alpha value is -1.22. The van der Waals surface area contributed by atoms with Gasteiger partial charge in [-0.05, 0) is 44.2 Å². The summed E-state index contributed by atoms with van der Waals surface area (Å²) in [5.41, 5.74) is 1.97. The van der Waals surface area contributed by atoms with Gasteiger partial charge in [0, 0.05) is 18.2 Å². The molecule has 1 N–H and O–H groups in total. The van der Waals surface area contributed by atoms with E-state index >= 15 is 0 Å². The smallest absolute Gasteiger partial charge is 0.130 e. The van der Waals surface area contributed by atoms with E-state index in [4.69, 9.17) is 0 Å². The number of halogens is 2. The van der Waals surface area contributed by atoms with Crippen LogP contribution in [0.4, 0.5) is 8.78 Å². The van der Waals surface area contributed by atoms with Crippen LogP contribution in [-0.2, 0) is 6.54 Å². The average Bonchev–Trinajstić information content (AvgIpc) is 2.30. The minimum atomic E-state index is -0.525. The third kappa shape index (κ3) is 4.13.